The molecule has 0 aromatic heterocycles. The second-order valence-electron chi connectivity index (χ2n) is 5.22. The molecule has 3 atom stereocenters. The van der Waals surface area contributed by atoms with Crippen LogP contribution in [-0.2, 0) is 9.84 Å². The molecular weight excluding hydrogens is 265 g/mol. The standard InChI is InChI=1S/C14H20FNO2S/c1-4-7-16-14-9(2)10(3)19(17,18)13-6-5-11(15)8-12(13)14/h5-6,8-10,14,16H,4,7H2,1-3H3. The Morgan fingerprint density at radius 3 is 2.63 bits per heavy atom. The lowest BCUT2D eigenvalue weighted by atomic mass is 9.91. The maximum Gasteiger partial charge on any atom is 0.181 e. The average Bonchev–Trinajstić information content (AvgIpc) is 2.36. The van der Waals surface area contributed by atoms with Crippen molar-refractivity contribution in [1.82, 2.24) is 5.32 Å². The van der Waals surface area contributed by atoms with Crippen molar-refractivity contribution in [2.24, 2.45) is 5.92 Å². The molecule has 2 rings (SSSR count). The molecule has 106 valence electrons. The van der Waals surface area contributed by atoms with E-state index in [4.69, 9.17) is 0 Å². The second-order valence-corrected chi connectivity index (χ2v) is 7.50. The van der Waals surface area contributed by atoms with E-state index in [0.717, 1.165) is 13.0 Å². The third kappa shape index (κ3) is 2.41. The van der Waals surface area contributed by atoms with Crippen molar-refractivity contribution >= 4 is 9.84 Å². The Labute approximate surface area is 114 Å². The number of halogens is 1. The lowest BCUT2D eigenvalue weighted by Gasteiger charge is -2.36. The molecule has 0 saturated heterocycles. The van der Waals surface area contributed by atoms with Gasteiger partial charge in [-0.25, -0.2) is 12.8 Å². The quantitative estimate of drug-likeness (QED) is 0.869. The van der Waals surface area contributed by atoms with E-state index in [-0.39, 0.29) is 22.7 Å². The van der Waals surface area contributed by atoms with Gasteiger partial charge in [0.2, 0.25) is 0 Å². The molecule has 0 amide bonds. The highest BCUT2D eigenvalue weighted by molar-refractivity contribution is 7.92. The Balaban J connectivity index is 2.56. The molecule has 0 bridgehead atoms. The molecule has 0 saturated carbocycles. The fourth-order valence-electron chi connectivity index (χ4n) is 2.65. The first-order chi connectivity index (χ1) is 8.89. The van der Waals surface area contributed by atoms with E-state index in [0.29, 0.717) is 5.56 Å². The van der Waals surface area contributed by atoms with Crippen LogP contribution >= 0.6 is 0 Å². The summed E-state index contributed by atoms with van der Waals surface area (Å²) in [6, 6.07) is 3.85. The number of nitrogens with one attached hydrogen (secondary N) is 1. The molecule has 5 heteroatoms. The van der Waals surface area contributed by atoms with Crippen LogP contribution in [0, 0.1) is 11.7 Å². The topological polar surface area (TPSA) is 46.2 Å². The molecule has 0 radical (unpaired) electrons. The van der Waals surface area contributed by atoms with Crippen LogP contribution in [0.3, 0.4) is 0 Å². The smallest absolute Gasteiger partial charge is 0.181 e. The third-order valence-corrected chi connectivity index (χ3v) is 6.38. The van der Waals surface area contributed by atoms with E-state index in [1.807, 2.05) is 13.8 Å². The first-order valence-corrected chi connectivity index (χ1v) is 8.21. The zero-order valence-electron chi connectivity index (χ0n) is 11.5. The van der Waals surface area contributed by atoms with E-state index in [1.165, 1.54) is 18.2 Å². The van der Waals surface area contributed by atoms with Crippen LogP contribution in [0.1, 0.15) is 38.8 Å². The number of hydrogen-bond donors (Lipinski definition) is 1. The zero-order chi connectivity index (χ0) is 14.2. The predicted octanol–water partition coefficient (Wildman–Crippen LogP) is 2.68. The largest absolute Gasteiger partial charge is 0.310 e. The molecule has 1 aliphatic heterocycles. The van der Waals surface area contributed by atoms with E-state index < -0.39 is 15.1 Å². The van der Waals surface area contributed by atoms with Gasteiger partial charge in [-0.2, -0.15) is 0 Å². The lowest BCUT2D eigenvalue weighted by Crippen LogP contribution is -2.41. The summed E-state index contributed by atoms with van der Waals surface area (Å²) in [5, 5.41) is 2.88. The van der Waals surface area contributed by atoms with Gasteiger partial charge in [0, 0.05) is 6.04 Å². The highest BCUT2D eigenvalue weighted by Crippen LogP contribution is 2.40. The Morgan fingerprint density at radius 1 is 1.32 bits per heavy atom. The molecule has 19 heavy (non-hydrogen) atoms. The summed E-state index contributed by atoms with van der Waals surface area (Å²) in [5.74, 6) is -0.468. The van der Waals surface area contributed by atoms with E-state index in [1.54, 1.807) is 6.92 Å². The SMILES string of the molecule is CCCNC1c2cc(F)ccc2S(=O)(=O)C(C)C1C. The molecule has 3 unspecified atom stereocenters. The summed E-state index contributed by atoms with van der Waals surface area (Å²) in [6.45, 7) is 6.47. The molecule has 1 heterocycles. The molecule has 1 aliphatic rings. The Morgan fingerprint density at radius 2 is 2.00 bits per heavy atom. The van der Waals surface area contributed by atoms with Gasteiger partial charge in [-0.05, 0) is 49.6 Å². The van der Waals surface area contributed by atoms with Crippen molar-refractivity contribution in [1.29, 1.82) is 0 Å². The number of benzene rings is 1. The summed E-state index contributed by atoms with van der Waals surface area (Å²) < 4.78 is 38.2. The number of rotatable bonds is 3. The predicted molar refractivity (Wildman–Crippen MR) is 73.2 cm³/mol. The summed E-state index contributed by atoms with van der Waals surface area (Å²) >= 11 is 0. The van der Waals surface area contributed by atoms with E-state index in [2.05, 4.69) is 5.32 Å². The third-order valence-electron chi connectivity index (χ3n) is 3.98. The van der Waals surface area contributed by atoms with E-state index >= 15 is 0 Å². The van der Waals surface area contributed by atoms with Crippen LogP contribution < -0.4 is 5.32 Å². The fourth-order valence-corrected chi connectivity index (χ4v) is 4.55. The van der Waals surface area contributed by atoms with Gasteiger partial charge < -0.3 is 5.32 Å². The highest BCUT2D eigenvalue weighted by Gasteiger charge is 2.41. The summed E-state index contributed by atoms with van der Waals surface area (Å²) in [5.41, 5.74) is 0.569. The minimum atomic E-state index is -3.35. The summed E-state index contributed by atoms with van der Waals surface area (Å²) in [7, 11) is -3.35. The van der Waals surface area contributed by atoms with Crippen molar-refractivity contribution in [3.8, 4) is 0 Å². The van der Waals surface area contributed by atoms with Gasteiger partial charge in [0.15, 0.2) is 9.84 Å². The number of sulfone groups is 1. The summed E-state index contributed by atoms with van der Waals surface area (Å²) in [4.78, 5) is 0.271. The minimum Gasteiger partial charge on any atom is -0.310 e. The number of fused-ring (bicyclic) bond motifs is 1. The zero-order valence-corrected chi connectivity index (χ0v) is 12.3. The molecule has 0 aliphatic carbocycles. The van der Waals surface area contributed by atoms with Gasteiger partial charge in [-0.15, -0.1) is 0 Å². The first kappa shape index (κ1) is 14.5. The molecule has 1 aromatic carbocycles. The summed E-state index contributed by atoms with van der Waals surface area (Å²) in [6.07, 6.45) is 0.953. The van der Waals surface area contributed by atoms with Crippen LogP contribution in [0.4, 0.5) is 4.39 Å². The minimum absolute atomic E-state index is 0.0779. The van der Waals surface area contributed by atoms with Crippen molar-refractivity contribution in [3.05, 3.63) is 29.6 Å². The second kappa shape index (κ2) is 5.21. The molecule has 3 nitrogen and oxygen atoms in total. The molecule has 0 spiro atoms. The molecule has 0 fully saturated rings. The average molecular weight is 285 g/mol. The maximum atomic E-state index is 13.4. The van der Waals surface area contributed by atoms with Crippen LogP contribution in [0.5, 0.6) is 0 Å². The van der Waals surface area contributed by atoms with Crippen molar-refractivity contribution in [2.45, 2.75) is 43.4 Å². The van der Waals surface area contributed by atoms with Crippen molar-refractivity contribution in [2.75, 3.05) is 6.54 Å². The van der Waals surface area contributed by atoms with Gasteiger partial charge in [0.1, 0.15) is 5.82 Å². The van der Waals surface area contributed by atoms with Crippen LogP contribution in [0.15, 0.2) is 23.1 Å². The fraction of sp³-hybridized carbons (Fsp3) is 0.571. The lowest BCUT2D eigenvalue weighted by molar-refractivity contribution is 0.357. The van der Waals surface area contributed by atoms with Gasteiger partial charge >= 0.3 is 0 Å². The molecule has 1 aromatic rings. The van der Waals surface area contributed by atoms with Crippen LogP contribution in [0.25, 0.3) is 0 Å². The number of hydrogen-bond acceptors (Lipinski definition) is 3. The Bertz CT molecular complexity index is 571. The van der Waals surface area contributed by atoms with Crippen molar-refractivity contribution < 1.29 is 12.8 Å². The molecule has 1 N–H and O–H groups in total. The van der Waals surface area contributed by atoms with Gasteiger partial charge in [-0.3, -0.25) is 0 Å². The van der Waals surface area contributed by atoms with Crippen LogP contribution in [-0.4, -0.2) is 20.2 Å². The monoisotopic (exact) mass is 285 g/mol. The van der Waals surface area contributed by atoms with Gasteiger partial charge in [0.05, 0.1) is 10.1 Å². The Kier molecular flexibility index (Phi) is 3.97. The van der Waals surface area contributed by atoms with Crippen molar-refractivity contribution in [3.63, 3.8) is 0 Å². The highest BCUT2D eigenvalue weighted by atomic mass is 32.2. The van der Waals surface area contributed by atoms with Gasteiger partial charge in [-0.1, -0.05) is 13.8 Å². The van der Waals surface area contributed by atoms with Crippen LogP contribution in [0.2, 0.25) is 0 Å². The maximum absolute atomic E-state index is 13.4. The Hall–Kier alpha value is -0.940. The van der Waals surface area contributed by atoms with E-state index in [9.17, 15) is 12.8 Å². The normalized spacial score (nSPS) is 28.9. The first-order valence-electron chi connectivity index (χ1n) is 6.66. The van der Waals surface area contributed by atoms with Gasteiger partial charge in [0.25, 0.3) is 0 Å². The molecular formula is C14H20FNO2S.